The lowest BCUT2D eigenvalue weighted by Gasteiger charge is -2.18. The number of carbonyl (C=O) groups excluding carboxylic acids is 1. The molecule has 33 heavy (non-hydrogen) atoms. The van der Waals surface area contributed by atoms with Crippen LogP contribution < -0.4 is 15.2 Å². The summed E-state index contributed by atoms with van der Waals surface area (Å²) >= 11 is 0. The Hall–Kier alpha value is -3.50. The fraction of sp³-hybridized carbons (Fsp3) is 0.391. The van der Waals surface area contributed by atoms with Gasteiger partial charge in [0.1, 0.15) is 12.7 Å². The van der Waals surface area contributed by atoms with Crippen LogP contribution in [0.2, 0.25) is 0 Å². The van der Waals surface area contributed by atoms with E-state index >= 15 is 0 Å². The van der Waals surface area contributed by atoms with Gasteiger partial charge < -0.3 is 29.9 Å². The highest BCUT2D eigenvalue weighted by Gasteiger charge is 2.20. The number of amides is 1. The van der Waals surface area contributed by atoms with E-state index in [1.165, 1.54) is 7.11 Å². The number of aromatic nitrogens is 3. The monoisotopic (exact) mass is 456 g/mol. The number of methoxy groups -OCH3 is 1. The van der Waals surface area contributed by atoms with Crippen LogP contribution in [-0.4, -0.2) is 57.2 Å². The fourth-order valence-corrected chi connectivity index (χ4v) is 3.33. The van der Waals surface area contributed by atoms with Gasteiger partial charge in [0.25, 0.3) is 5.89 Å². The summed E-state index contributed by atoms with van der Waals surface area (Å²) in [5.41, 5.74) is 9.00. The van der Waals surface area contributed by atoms with Crippen molar-refractivity contribution in [3.8, 4) is 34.3 Å². The third-order valence-corrected chi connectivity index (χ3v) is 5.00. The number of carbonyl (C=O) groups is 1. The highest BCUT2D eigenvalue weighted by molar-refractivity contribution is 5.78. The van der Waals surface area contributed by atoms with Gasteiger partial charge in [-0.2, -0.15) is 4.98 Å². The third-order valence-electron chi connectivity index (χ3n) is 5.00. The number of hydrogen-bond donors (Lipinski definition) is 3. The van der Waals surface area contributed by atoms with Crippen molar-refractivity contribution in [2.75, 3.05) is 13.7 Å². The normalized spacial score (nSPS) is 12.9. The highest BCUT2D eigenvalue weighted by Crippen LogP contribution is 2.36. The first-order valence-corrected chi connectivity index (χ1v) is 10.5. The average Bonchev–Trinajstić information content (AvgIpc) is 3.27. The predicted molar refractivity (Wildman–Crippen MR) is 120 cm³/mol. The molecule has 0 fully saturated rings. The number of rotatable bonds is 10. The van der Waals surface area contributed by atoms with Crippen LogP contribution in [0, 0.1) is 13.8 Å². The summed E-state index contributed by atoms with van der Waals surface area (Å²) in [5, 5.41) is 23.6. The van der Waals surface area contributed by atoms with E-state index < -0.39 is 18.1 Å². The molecular formula is C23H28N4O6. The van der Waals surface area contributed by atoms with Crippen molar-refractivity contribution in [3.63, 3.8) is 0 Å². The topological polar surface area (TPSA) is 154 Å². The molecule has 3 aromatic rings. The number of aliphatic hydroxyl groups is 2. The summed E-state index contributed by atoms with van der Waals surface area (Å²) < 4.78 is 16.6. The number of aryl methyl sites for hydroxylation is 3. The van der Waals surface area contributed by atoms with Gasteiger partial charge in [-0.3, -0.25) is 9.78 Å². The van der Waals surface area contributed by atoms with Crippen molar-refractivity contribution in [3.05, 3.63) is 41.2 Å². The zero-order chi connectivity index (χ0) is 24.1. The Morgan fingerprint density at radius 1 is 1.15 bits per heavy atom. The summed E-state index contributed by atoms with van der Waals surface area (Å²) in [4.78, 5) is 19.9. The molecule has 2 heterocycles. The standard InChI is InChI=1S/C23H28N4O6/c1-5-16-8-15(7-13(3)25-16)23-26-22(27-33-23)14-6-12(2)20(19(9-14)31-4)32-11-17(28)10-18(29)21(24)30/h6-9,17-18,28-29H,5,10-11H2,1-4H3,(H2,24,30)/t17-,18?/m0/s1. The van der Waals surface area contributed by atoms with Crippen molar-refractivity contribution >= 4 is 5.91 Å². The van der Waals surface area contributed by atoms with Crippen LogP contribution in [0.25, 0.3) is 22.8 Å². The molecule has 0 spiro atoms. The van der Waals surface area contributed by atoms with Crippen LogP contribution in [0.4, 0.5) is 0 Å². The number of pyridine rings is 1. The Balaban J connectivity index is 1.81. The number of nitrogens with zero attached hydrogens (tertiary/aromatic N) is 3. The smallest absolute Gasteiger partial charge is 0.258 e. The lowest BCUT2D eigenvalue weighted by molar-refractivity contribution is -0.127. The number of benzene rings is 1. The van der Waals surface area contributed by atoms with Crippen LogP contribution in [-0.2, 0) is 11.2 Å². The van der Waals surface area contributed by atoms with Crippen molar-refractivity contribution in [1.29, 1.82) is 0 Å². The second-order valence-corrected chi connectivity index (χ2v) is 7.71. The molecule has 1 amide bonds. The van der Waals surface area contributed by atoms with Gasteiger partial charge in [-0.15, -0.1) is 0 Å². The minimum Gasteiger partial charge on any atom is -0.493 e. The van der Waals surface area contributed by atoms with Crippen molar-refractivity contribution in [2.24, 2.45) is 5.73 Å². The zero-order valence-corrected chi connectivity index (χ0v) is 19.0. The van der Waals surface area contributed by atoms with Crippen LogP contribution >= 0.6 is 0 Å². The molecule has 2 atom stereocenters. The predicted octanol–water partition coefficient (Wildman–Crippen LogP) is 1.96. The molecule has 3 rings (SSSR count). The van der Waals surface area contributed by atoms with E-state index in [2.05, 4.69) is 15.1 Å². The van der Waals surface area contributed by atoms with Gasteiger partial charge in [0.2, 0.25) is 11.7 Å². The molecule has 0 radical (unpaired) electrons. The Morgan fingerprint density at radius 2 is 1.91 bits per heavy atom. The molecule has 0 saturated heterocycles. The maximum absolute atomic E-state index is 11.0. The van der Waals surface area contributed by atoms with Gasteiger partial charge in [-0.25, -0.2) is 0 Å². The quantitative estimate of drug-likeness (QED) is 0.415. The molecule has 0 aliphatic rings. The molecule has 1 aromatic carbocycles. The van der Waals surface area contributed by atoms with Gasteiger partial charge in [-0.05, 0) is 50.1 Å². The van der Waals surface area contributed by atoms with Gasteiger partial charge in [0, 0.05) is 28.9 Å². The molecule has 10 heteroatoms. The maximum Gasteiger partial charge on any atom is 0.258 e. The van der Waals surface area contributed by atoms with E-state index in [0.717, 1.165) is 23.4 Å². The van der Waals surface area contributed by atoms with Crippen LogP contribution in [0.5, 0.6) is 11.5 Å². The first kappa shape index (κ1) is 24.1. The molecule has 0 saturated carbocycles. The summed E-state index contributed by atoms with van der Waals surface area (Å²) in [6.45, 7) is 5.60. The Labute approximate surface area is 191 Å². The van der Waals surface area contributed by atoms with Crippen molar-refractivity contribution in [2.45, 2.75) is 45.8 Å². The van der Waals surface area contributed by atoms with Crippen LogP contribution in [0.3, 0.4) is 0 Å². The molecule has 4 N–H and O–H groups in total. The zero-order valence-electron chi connectivity index (χ0n) is 19.0. The lowest BCUT2D eigenvalue weighted by atomic mass is 10.1. The number of nitrogens with two attached hydrogens (primary N) is 1. The summed E-state index contributed by atoms with van der Waals surface area (Å²) in [6.07, 6.45) is -1.97. The SMILES string of the molecule is CCc1cc(-c2nc(-c3cc(C)c(OC[C@@H](O)CC(O)C(N)=O)c(OC)c3)no2)cc(C)n1. The van der Waals surface area contributed by atoms with Gasteiger partial charge in [-0.1, -0.05) is 12.1 Å². The van der Waals surface area contributed by atoms with Crippen molar-refractivity contribution < 1.29 is 29.0 Å². The number of ether oxygens (including phenoxy) is 2. The molecule has 1 unspecified atom stereocenters. The number of hydrogen-bond acceptors (Lipinski definition) is 9. The molecule has 10 nitrogen and oxygen atoms in total. The highest BCUT2D eigenvalue weighted by atomic mass is 16.5. The van der Waals surface area contributed by atoms with Gasteiger partial charge >= 0.3 is 0 Å². The molecule has 2 aromatic heterocycles. The number of primary amides is 1. The molecule has 176 valence electrons. The van der Waals surface area contributed by atoms with E-state index in [9.17, 15) is 15.0 Å². The van der Waals surface area contributed by atoms with Gasteiger partial charge in [0.15, 0.2) is 11.5 Å². The molecular weight excluding hydrogens is 428 g/mol. The lowest BCUT2D eigenvalue weighted by Crippen LogP contribution is -2.33. The fourth-order valence-electron chi connectivity index (χ4n) is 3.33. The summed E-state index contributed by atoms with van der Waals surface area (Å²) in [5.74, 6) is 0.690. The molecule has 0 aliphatic carbocycles. The average molecular weight is 456 g/mol. The van der Waals surface area contributed by atoms with Crippen molar-refractivity contribution in [1.82, 2.24) is 15.1 Å². The summed E-state index contributed by atoms with van der Waals surface area (Å²) in [6, 6.07) is 7.33. The van der Waals surface area contributed by atoms with E-state index in [1.54, 1.807) is 6.07 Å². The Bertz CT molecular complexity index is 1130. The first-order chi connectivity index (χ1) is 15.7. The van der Waals surface area contributed by atoms with Crippen LogP contribution in [0.1, 0.15) is 30.3 Å². The first-order valence-electron chi connectivity index (χ1n) is 10.5. The second kappa shape index (κ2) is 10.4. The minimum atomic E-state index is -1.45. The Morgan fingerprint density at radius 3 is 2.58 bits per heavy atom. The Kier molecular flexibility index (Phi) is 7.62. The maximum atomic E-state index is 11.0. The van der Waals surface area contributed by atoms with Gasteiger partial charge in [0.05, 0.1) is 13.2 Å². The number of aliphatic hydroxyl groups excluding tert-OH is 2. The second-order valence-electron chi connectivity index (χ2n) is 7.71. The van der Waals surface area contributed by atoms with E-state index in [-0.39, 0.29) is 13.0 Å². The van der Waals surface area contributed by atoms with E-state index in [4.69, 9.17) is 19.7 Å². The molecule has 0 bridgehead atoms. The molecule has 0 aliphatic heterocycles. The third kappa shape index (κ3) is 5.85. The summed E-state index contributed by atoms with van der Waals surface area (Å²) in [7, 11) is 1.49. The van der Waals surface area contributed by atoms with Crippen LogP contribution in [0.15, 0.2) is 28.8 Å². The largest absolute Gasteiger partial charge is 0.493 e. The van der Waals surface area contributed by atoms with E-state index in [0.29, 0.717) is 34.3 Å². The van der Waals surface area contributed by atoms with E-state index in [1.807, 2.05) is 39.0 Å². The minimum absolute atomic E-state index is 0.158.